The standard InChI is InChI=1S/C11H16N4O/c12-9-5-4-6-13-10(9)14-11(16)15-7-2-1-3-8-15/h4-6H,1-3,7-8,12H2,(H,13,14,16). The third-order valence-electron chi connectivity index (χ3n) is 2.71. The predicted molar refractivity (Wildman–Crippen MR) is 63.1 cm³/mol. The Morgan fingerprint density at radius 3 is 2.81 bits per heavy atom. The number of nitrogens with two attached hydrogens (primary N) is 1. The van der Waals surface area contributed by atoms with E-state index < -0.39 is 0 Å². The van der Waals surface area contributed by atoms with Crippen LogP contribution < -0.4 is 11.1 Å². The van der Waals surface area contributed by atoms with E-state index in [0.29, 0.717) is 11.5 Å². The zero-order valence-electron chi connectivity index (χ0n) is 9.15. The van der Waals surface area contributed by atoms with E-state index in [9.17, 15) is 4.79 Å². The largest absolute Gasteiger partial charge is 0.396 e. The number of nitrogens with one attached hydrogen (secondary N) is 1. The number of amides is 2. The second-order valence-corrected chi connectivity index (χ2v) is 3.92. The van der Waals surface area contributed by atoms with Crippen LogP contribution in [-0.2, 0) is 0 Å². The lowest BCUT2D eigenvalue weighted by atomic mass is 10.1. The summed E-state index contributed by atoms with van der Waals surface area (Å²) in [6.45, 7) is 1.64. The van der Waals surface area contributed by atoms with Gasteiger partial charge >= 0.3 is 6.03 Å². The highest BCUT2D eigenvalue weighted by Crippen LogP contribution is 2.15. The summed E-state index contributed by atoms with van der Waals surface area (Å²) < 4.78 is 0. The van der Waals surface area contributed by atoms with E-state index in [0.717, 1.165) is 25.9 Å². The van der Waals surface area contributed by atoms with Crippen molar-refractivity contribution >= 4 is 17.5 Å². The summed E-state index contributed by atoms with van der Waals surface area (Å²) in [5.74, 6) is 0.443. The van der Waals surface area contributed by atoms with E-state index in [4.69, 9.17) is 5.73 Å². The normalized spacial score (nSPS) is 15.9. The summed E-state index contributed by atoms with van der Waals surface area (Å²) >= 11 is 0. The number of nitrogen functional groups attached to an aromatic ring is 1. The highest BCUT2D eigenvalue weighted by molar-refractivity contribution is 5.91. The Balaban J connectivity index is 1.99. The van der Waals surface area contributed by atoms with Gasteiger partial charge in [0.25, 0.3) is 0 Å². The number of urea groups is 1. The molecule has 0 aliphatic carbocycles. The summed E-state index contributed by atoms with van der Waals surface area (Å²) in [7, 11) is 0. The van der Waals surface area contributed by atoms with E-state index in [1.807, 2.05) is 0 Å². The number of rotatable bonds is 1. The number of hydrogen-bond acceptors (Lipinski definition) is 3. The van der Waals surface area contributed by atoms with Crippen LogP contribution in [0, 0.1) is 0 Å². The van der Waals surface area contributed by atoms with Gasteiger partial charge in [-0.15, -0.1) is 0 Å². The van der Waals surface area contributed by atoms with Crippen LogP contribution in [-0.4, -0.2) is 29.0 Å². The van der Waals surface area contributed by atoms with Crippen LogP contribution in [0.1, 0.15) is 19.3 Å². The van der Waals surface area contributed by atoms with Crippen LogP contribution in [0.15, 0.2) is 18.3 Å². The molecule has 0 saturated carbocycles. The molecule has 2 amide bonds. The molecular formula is C11H16N4O. The van der Waals surface area contributed by atoms with Crippen LogP contribution in [0.3, 0.4) is 0 Å². The number of hydrogen-bond donors (Lipinski definition) is 2. The smallest absolute Gasteiger partial charge is 0.323 e. The molecule has 5 heteroatoms. The molecule has 1 aliphatic heterocycles. The lowest BCUT2D eigenvalue weighted by Gasteiger charge is -2.26. The van der Waals surface area contributed by atoms with Gasteiger partial charge in [-0.3, -0.25) is 5.32 Å². The highest BCUT2D eigenvalue weighted by Gasteiger charge is 2.17. The van der Waals surface area contributed by atoms with E-state index in [1.54, 1.807) is 23.2 Å². The van der Waals surface area contributed by atoms with E-state index in [2.05, 4.69) is 10.3 Å². The molecule has 0 radical (unpaired) electrons. The number of aromatic nitrogens is 1. The fourth-order valence-corrected chi connectivity index (χ4v) is 1.80. The number of carbonyl (C=O) groups excluding carboxylic acids is 1. The molecule has 0 bridgehead atoms. The zero-order valence-corrected chi connectivity index (χ0v) is 9.15. The Bertz CT molecular complexity index is 374. The number of likely N-dealkylation sites (tertiary alicyclic amines) is 1. The molecule has 2 rings (SSSR count). The summed E-state index contributed by atoms with van der Waals surface area (Å²) in [6.07, 6.45) is 4.97. The highest BCUT2D eigenvalue weighted by atomic mass is 16.2. The molecule has 3 N–H and O–H groups in total. The van der Waals surface area contributed by atoms with E-state index in [1.165, 1.54) is 6.42 Å². The Labute approximate surface area is 94.6 Å². The first-order valence-corrected chi connectivity index (χ1v) is 5.54. The van der Waals surface area contributed by atoms with Crippen molar-refractivity contribution in [2.24, 2.45) is 0 Å². The summed E-state index contributed by atoms with van der Waals surface area (Å²) in [6, 6.07) is 3.36. The first kappa shape index (κ1) is 10.7. The van der Waals surface area contributed by atoms with Crippen molar-refractivity contribution in [2.45, 2.75) is 19.3 Å². The maximum Gasteiger partial charge on any atom is 0.323 e. The maximum absolute atomic E-state index is 11.8. The quantitative estimate of drug-likeness (QED) is 0.756. The number of pyridine rings is 1. The van der Waals surface area contributed by atoms with Crippen molar-refractivity contribution in [3.8, 4) is 0 Å². The van der Waals surface area contributed by atoms with Gasteiger partial charge in [-0.25, -0.2) is 9.78 Å². The third kappa shape index (κ3) is 2.42. The van der Waals surface area contributed by atoms with Gasteiger partial charge in [0.1, 0.15) is 0 Å². The Morgan fingerprint density at radius 1 is 1.38 bits per heavy atom. The molecule has 2 heterocycles. The fraction of sp³-hybridized carbons (Fsp3) is 0.455. The summed E-state index contributed by atoms with van der Waals surface area (Å²) in [5.41, 5.74) is 6.20. The average molecular weight is 220 g/mol. The van der Waals surface area contributed by atoms with Gasteiger partial charge in [0, 0.05) is 19.3 Å². The molecule has 1 saturated heterocycles. The lowest BCUT2D eigenvalue weighted by molar-refractivity contribution is 0.200. The van der Waals surface area contributed by atoms with Crippen molar-refractivity contribution in [1.29, 1.82) is 0 Å². The number of carbonyl (C=O) groups is 1. The SMILES string of the molecule is Nc1cccnc1NC(=O)N1CCCCC1. The van der Waals surface area contributed by atoms with Crippen LogP contribution in [0.25, 0.3) is 0 Å². The van der Waals surface area contributed by atoms with Gasteiger partial charge in [0.2, 0.25) is 0 Å². The van der Waals surface area contributed by atoms with Gasteiger partial charge in [-0.2, -0.15) is 0 Å². The molecule has 86 valence electrons. The molecule has 1 aromatic rings. The van der Waals surface area contributed by atoms with Crippen molar-refractivity contribution in [2.75, 3.05) is 24.1 Å². The number of nitrogens with zero attached hydrogens (tertiary/aromatic N) is 2. The van der Waals surface area contributed by atoms with Gasteiger partial charge < -0.3 is 10.6 Å². The van der Waals surface area contributed by atoms with E-state index >= 15 is 0 Å². The van der Waals surface area contributed by atoms with Crippen molar-refractivity contribution in [1.82, 2.24) is 9.88 Å². The summed E-state index contributed by atoms with van der Waals surface area (Å²) in [5, 5.41) is 2.73. The van der Waals surface area contributed by atoms with Crippen molar-refractivity contribution in [3.63, 3.8) is 0 Å². The minimum absolute atomic E-state index is 0.106. The van der Waals surface area contributed by atoms with Crippen LogP contribution in [0.4, 0.5) is 16.3 Å². The number of piperidine rings is 1. The van der Waals surface area contributed by atoms with Gasteiger partial charge in [-0.05, 0) is 31.4 Å². The van der Waals surface area contributed by atoms with Crippen LogP contribution in [0.5, 0.6) is 0 Å². The molecule has 1 aliphatic rings. The average Bonchev–Trinajstić information content (AvgIpc) is 2.33. The minimum Gasteiger partial charge on any atom is -0.396 e. The first-order valence-electron chi connectivity index (χ1n) is 5.54. The molecule has 16 heavy (non-hydrogen) atoms. The zero-order chi connectivity index (χ0) is 11.4. The van der Waals surface area contributed by atoms with E-state index in [-0.39, 0.29) is 6.03 Å². The topological polar surface area (TPSA) is 71.2 Å². The second kappa shape index (κ2) is 4.83. The third-order valence-corrected chi connectivity index (χ3v) is 2.71. The van der Waals surface area contributed by atoms with Crippen molar-refractivity contribution < 1.29 is 4.79 Å². The molecule has 1 aromatic heterocycles. The second-order valence-electron chi connectivity index (χ2n) is 3.92. The fourth-order valence-electron chi connectivity index (χ4n) is 1.80. The van der Waals surface area contributed by atoms with Crippen molar-refractivity contribution in [3.05, 3.63) is 18.3 Å². The Morgan fingerprint density at radius 2 is 2.12 bits per heavy atom. The Kier molecular flexibility index (Phi) is 3.24. The van der Waals surface area contributed by atoms with Gasteiger partial charge in [0.15, 0.2) is 5.82 Å². The maximum atomic E-state index is 11.8. The number of anilines is 2. The first-order chi connectivity index (χ1) is 7.77. The lowest BCUT2D eigenvalue weighted by Crippen LogP contribution is -2.39. The van der Waals surface area contributed by atoms with Crippen LogP contribution >= 0.6 is 0 Å². The minimum atomic E-state index is -0.106. The molecular weight excluding hydrogens is 204 g/mol. The molecule has 1 fully saturated rings. The summed E-state index contributed by atoms with van der Waals surface area (Å²) in [4.78, 5) is 17.7. The van der Waals surface area contributed by atoms with Gasteiger partial charge in [-0.1, -0.05) is 0 Å². The molecule has 5 nitrogen and oxygen atoms in total. The van der Waals surface area contributed by atoms with Gasteiger partial charge in [0.05, 0.1) is 5.69 Å². The predicted octanol–water partition coefficient (Wildman–Crippen LogP) is 1.68. The molecule has 0 unspecified atom stereocenters. The Hall–Kier alpha value is -1.78. The molecule has 0 atom stereocenters. The van der Waals surface area contributed by atoms with Crippen LogP contribution in [0.2, 0.25) is 0 Å². The molecule has 0 spiro atoms. The monoisotopic (exact) mass is 220 g/mol. The molecule has 0 aromatic carbocycles.